The van der Waals surface area contributed by atoms with Gasteiger partial charge in [-0.25, -0.2) is 0 Å². The van der Waals surface area contributed by atoms with Crippen molar-refractivity contribution in [2.24, 2.45) is 34.5 Å². The van der Waals surface area contributed by atoms with Gasteiger partial charge in [0.05, 0.1) is 12.2 Å². The zero-order chi connectivity index (χ0) is 21.4. The molecule has 0 bridgehead atoms. The van der Waals surface area contributed by atoms with E-state index in [-0.39, 0.29) is 17.6 Å². The van der Waals surface area contributed by atoms with Gasteiger partial charge in [0.25, 0.3) is 0 Å². The molecule has 5 unspecified atom stereocenters. The van der Waals surface area contributed by atoms with Crippen LogP contribution in [0.2, 0.25) is 0 Å². The smallest absolute Gasteiger partial charge is 0.0751 e. The number of hydrogen-bond donors (Lipinski definition) is 2. The van der Waals surface area contributed by atoms with Crippen LogP contribution in [-0.4, -0.2) is 70.5 Å². The first-order valence-corrected chi connectivity index (χ1v) is 13.8. The van der Waals surface area contributed by atoms with Crippen LogP contribution in [0.3, 0.4) is 0 Å². The summed E-state index contributed by atoms with van der Waals surface area (Å²) >= 11 is 0. The van der Waals surface area contributed by atoms with E-state index in [2.05, 4.69) is 23.6 Å². The summed E-state index contributed by atoms with van der Waals surface area (Å²) in [5.41, 5.74) is 0.508. The normalized spacial score (nSPS) is 55.7. The molecule has 2 N–H and O–H groups in total. The molecule has 0 aromatic carbocycles. The van der Waals surface area contributed by atoms with Crippen LogP contribution in [0.1, 0.15) is 84.5 Å². The van der Waals surface area contributed by atoms with Gasteiger partial charge in [-0.2, -0.15) is 0 Å². The van der Waals surface area contributed by atoms with E-state index in [1.54, 1.807) is 0 Å². The van der Waals surface area contributed by atoms with Gasteiger partial charge in [0, 0.05) is 12.1 Å². The number of hydrogen-bond acceptors (Lipinski definition) is 4. The van der Waals surface area contributed by atoms with Crippen LogP contribution in [0.5, 0.6) is 0 Å². The maximum Gasteiger partial charge on any atom is 0.0751 e. The van der Waals surface area contributed by atoms with Crippen LogP contribution < -0.4 is 0 Å². The predicted octanol–water partition coefficient (Wildman–Crippen LogP) is 3.90. The number of fused-ring (bicyclic) bond motifs is 5. The van der Waals surface area contributed by atoms with E-state index < -0.39 is 0 Å². The molecule has 176 valence electrons. The molecule has 0 radical (unpaired) electrons. The van der Waals surface area contributed by atoms with E-state index in [0.717, 1.165) is 18.3 Å². The number of rotatable bonds is 2. The maximum atomic E-state index is 11.5. The molecular formula is C27H46N2O2. The number of likely N-dealkylation sites (tertiary alicyclic amines) is 2. The van der Waals surface area contributed by atoms with Crippen molar-refractivity contribution in [2.75, 3.05) is 26.2 Å². The van der Waals surface area contributed by atoms with Gasteiger partial charge in [-0.1, -0.05) is 13.8 Å². The van der Waals surface area contributed by atoms with Gasteiger partial charge in [0.1, 0.15) is 0 Å². The van der Waals surface area contributed by atoms with Gasteiger partial charge in [0.15, 0.2) is 0 Å². The van der Waals surface area contributed by atoms with Gasteiger partial charge < -0.3 is 10.2 Å². The summed E-state index contributed by atoms with van der Waals surface area (Å²) in [6.07, 6.45) is 13.6. The number of nitrogens with zero attached hydrogens (tertiary/aromatic N) is 2. The number of aliphatic hydroxyl groups excluding tert-OH is 2. The second-order valence-electron chi connectivity index (χ2n) is 13.0. The van der Waals surface area contributed by atoms with Crippen LogP contribution in [-0.2, 0) is 0 Å². The highest BCUT2D eigenvalue weighted by Gasteiger charge is 2.63. The Hall–Kier alpha value is -0.160. The monoisotopic (exact) mass is 430 g/mol. The topological polar surface area (TPSA) is 46.9 Å². The minimum absolute atomic E-state index is 0.116. The standard InChI is InChI=1S/C27H46N2O2/c1-26-10-9-20-19(21(26)16-22(25(26)31)28-11-3-4-12-28)8-7-18-15-24(30)23(17-27(18,20)2)29-13-5-6-14-29/h18-25,30-31H,3-17H2,1-2H3/t18?,19-,20-,21+,22?,23?,24?,25?,26+,27+/m1/s1. The van der Waals surface area contributed by atoms with E-state index in [1.807, 2.05) is 0 Å². The summed E-state index contributed by atoms with van der Waals surface area (Å²) in [5.74, 6) is 2.98. The molecule has 0 aromatic rings. The molecule has 4 saturated carbocycles. The lowest BCUT2D eigenvalue weighted by molar-refractivity contribution is -0.152. The Morgan fingerprint density at radius 2 is 1.35 bits per heavy atom. The Balaban J connectivity index is 1.26. The molecule has 6 fully saturated rings. The molecule has 2 heterocycles. The third kappa shape index (κ3) is 3.14. The predicted molar refractivity (Wildman–Crippen MR) is 124 cm³/mol. The van der Waals surface area contributed by atoms with Crippen molar-refractivity contribution in [1.29, 1.82) is 0 Å². The molecule has 31 heavy (non-hydrogen) atoms. The van der Waals surface area contributed by atoms with Gasteiger partial charge >= 0.3 is 0 Å². The van der Waals surface area contributed by atoms with E-state index in [9.17, 15) is 10.2 Å². The highest BCUT2D eigenvalue weighted by Crippen LogP contribution is 2.66. The molecule has 0 amide bonds. The SMILES string of the molecule is C[C@]12CC(N3CCCC3)C(O)CC1CC[C@@H]1[C@H]2CC[C@]2(C)C(O)C(N3CCCC3)C[C@@H]12. The van der Waals surface area contributed by atoms with Crippen molar-refractivity contribution < 1.29 is 10.2 Å². The van der Waals surface area contributed by atoms with Crippen LogP contribution >= 0.6 is 0 Å². The lowest BCUT2D eigenvalue weighted by Crippen LogP contribution is -2.59. The average Bonchev–Trinajstić information content (AvgIpc) is 3.50. The lowest BCUT2D eigenvalue weighted by atomic mass is 9.44. The first-order valence-electron chi connectivity index (χ1n) is 13.8. The van der Waals surface area contributed by atoms with Crippen molar-refractivity contribution in [3.8, 4) is 0 Å². The van der Waals surface area contributed by atoms with Crippen molar-refractivity contribution in [2.45, 2.75) is 109 Å². The molecule has 2 saturated heterocycles. The molecule has 0 spiro atoms. The highest BCUT2D eigenvalue weighted by molar-refractivity contribution is 5.14. The summed E-state index contributed by atoms with van der Waals surface area (Å²) in [5, 5.41) is 22.6. The summed E-state index contributed by atoms with van der Waals surface area (Å²) in [6.45, 7) is 9.86. The minimum Gasteiger partial charge on any atom is -0.391 e. The molecule has 0 aromatic heterocycles. The van der Waals surface area contributed by atoms with Gasteiger partial charge in [-0.05, 0) is 131 Å². The average molecular weight is 431 g/mol. The fraction of sp³-hybridized carbons (Fsp3) is 1.00. The van der Waals surface area contributed by atoms with Crippen molar-refractivity contribution in [3.63, 3.8) is 0 Å². The van der Waals surface area contributed by atoms with Crippen LogP contribution in [0.25, 0.3) is 0 Å². The first-order chi connectivity index (χ1) is 14.9. The third-order valence-electron chi connectivity index (χ3n) is 11.9. The Morgan fingerprint density at radius 3 is 2.03 bits per heavy atom. The highest BCUT2D eigenvalue weighted by atomic mass is 16.3. The zero-order valence-electron chi connectivity index (χ0n) is 20.0. The summed E-state index contributed by atoms with van der Waals surface area (Å²) < 4.78 is 0. The number of aliphatic hydroxyl groups is 2. The largest absolute Gasteiger partial charge is 0.391 e. The molecule has 10 atom stereocenters. The molecule has 4 heteroatoms. The van der Waals surface area contributed by atoms with Crippen LogP contribution in [0.15, 0.2) is 0 Å². The lowest BCUT2D eigenvalue weighted by Gasteiger charge is -2.62. The van der Waals surface area contributed by atoms with E-state index >= 15 is 0 Å². The Kier molecular flexibility index (Phi) is 5.30. The van der Waals surface area contributed by atoms with Gasteiger partial charge in [-0.15, -0.1) is 0 Å². The summed E-state index contributed by atoms with van der Waals surface area (Å²) in [7, 11) is 0. The Labute approximate surface area is 189 Å². The molecule has 4 nitrogen and oxygen atoms in total. The van der Waals surface area contributed by atoms with Crippen molar-refractivity contribution in [3.05, 3.63) is 0 Å². The van der Waals surface area contributed by atoms with Crippen molar-refractivity contribution >= 4 is 0 Å². The third-order valence-corrected chi connectivity index (χ3v) is 11.9. The summed E-state index contributed by atoms with van der Waals surface area (Å²) in [4.78, 5) is 5.27. The quantitative estimate of drug-likeness (QED) is 0.698. The molecule has 6 aliphatic rings. The molecule has 4 aliphatic carbocycles. The Morgan fingerprint density at radius 1 is 0.710 bits per heavy atom. The summed E-state index contributed by atoms with van der Waals surface area (Å²) in [6, 6.07) is 0.801. The molecular weight excluding hydrogens is 384 g/mol. The van der Waals surface area contributed by atoms with E-state index in [1.165, 1.54) is 90.4 Å². The minimum atomic E-state index is -0.132. The molecule has 6 rings (SSSR count). The first kappa shape index (κ1) is 21.4. The van der Waals surface area contributed by atoms with Crippen LogP contribution in [0, 0.1) is 34.5 Å². The fourth-order valence-corrected chi connectivity index (χ4v) is 10.1. The Bertz CT molecular complexity index is 674. The van der Waals surface area contributed by atoms with Gasteiger partial charge in [0.2, 0.25) is 0 Å². The second-order valence-corrected chi connectivity index (χ2v) is 13.0. The van der Waals surface area contributed by atoms with Crippen LogP contribution in [0.4, 0.5) is 0 Å². The molecule has 2 aliphatic heterocycles. The van der Waals surface area contributed by atoms with E-state index in [0.29, 0.717) is 29.3 Å². The zero-order valence-corrected chi connectivity index (χ0v) is 20.0. The van der Waals surface area contributed by atoms with Crippen molar-refractivity contribution in [1.82, 2.24) is 9.80 Å². The fourth-order valence-electron chi connectivity index (χ4n) is 10.1. The maximum absolute atomic E-state index is 11.5. The van der Waals surface area contributed by atoms with Gasteiger partial charge in [-0.3, -0.25) is 9.80 Å². The second kappa shape index (κ2) is 7.68. The van der Waals surface area contributed by atoms with E-state index in [4.69, 9.17) is 0 Å².